The quantitative estimate of drug-likeness (QED) is 0.332. The van der Waals surface area contributed by atoms with Gasteiger partial charge in [-0.2, -0.15) is 0 Å². The molecule has 0 aromatic carbocycles. The number of rotatable bonds is 9. The molecule has 2 fully saturated rings. The molecule has 0 atom stereocenters. The van der Waals surface area contributed by atoms with Crippen LogP contribution in [0.2, 0.25) is 0 Å². The third-order valence-corrected chi connectivity index (χ3v) is 7.19. The lowest BCUT2D eigenvalue weighted by Gasteiger charge is -2.22. The Hall–Kier alpha value is -1.10. The number of nitrogens with one attached hydrogen (secondary N) is 1. The van der Waals surface area contributed by atoms with Crippen LogP contribution in [0.15, 0.2) is 11.1 Å². The molecule has 0 bridgehead atoms. The monoisotopic (exact) mass is 405 g/mol. The molecule has 0 saturated heterocycles. The third-order valence-electron chi connectivity index (χ3n) is 4.16. The molecule has 2 aliphatic carbocycles. The van der Waals surface area contributed by atoms with Gasteiger partial charge in [0, 0.05) is 32.1 Å². The minimum atomic E-state index is -3.95. The molecule has 2 aliphatic rings. The number of carbonyl (C=O) groups is 1. The molecule has 140 valence electrons. The summed E-state index contributed by atoms with van der Waals surface area (Å²) in [7, 11) is -0.684. The van der Waals surface area contributed by atoms with Crippen LogP contribution < -0.4 is 5.48 Å². The SMILES string of the molecule is CN(CC(=O)/C(=C\NO)S(=O)(=O)CN(C)C(=S)C1CC1)C(=S)C1CC1. The second kappa shape index (κ2) is 8.07. The lowest BCUT2D eigenvalue weighted by Crippen LogP contribution is -2.37. The highest BCUT2D eigenvalue weighted by molar-refractivity contribution is 7.96. The average Bonchev–Trinajstić information content (AvgIpc) is 3.41. The first-order valence-electron chi connectivity index (χ1n) is 8.03. The number of sulfone groups is 1. The number of nitrogens with zero attached hydrogens (tertiary/aromatic N) is 2. The highest BCUT2D eigenvalue weighted by Gasteiger charge is 2.34. The number of Topliss-reactive ketones (excluding diaryl/α,β-unsaturated/α-hetero) is 1. The van der Waals surface area contributed by atoms with Gasteiger partial charge in [-0.1, -0.05) is 24.4 Å². The average molecular weight is 406 g/mol. The molecular weight excluding hydrogens is 382 g/mol. The minimum absolute atomic E-state index is 0.154. The van der Waals surface area contributed by atoms with Crippen molar-refractivity contribution in [2.75, 3.05) is 26.5 Å². The van der Waals surface area contributed by atoms with Crippen molar-refractivity contribution in [3.63, 3.8) is 0 Å². The van der Waals surface area contributed by atoms with Crippen molar-refractivity contribution in [3.8, 4) is 0 Å². The van der Waals surface area contributed by atoms with Crippen LogP contribution in [0.4, 0.5) is 0 Å². The first-order valence-corrected chi connectivity index (χ1v) is 10.5. The number of thiocarbonyl (C=S) groups is 2. The predicted molar refractivity (Wildman–Crippen MR) is 103 cm³/mol. The minimum Gasteiger partial charge on any atom is -0.361 e. The van der Waals surface area contributed by atoms with Crippen molar-refractivity contribution in [2.45, 2.75) is 25.7 Å². The van der Waals surface area contributed by atoms with Gasteiger partial charge >= 0.3 is 0 Å². The Balaban J connectivity index is 2.06. The molecule has 10 heteroatoms. The maximum Gasteiger partial charge on any atom is 0.201 e. The molecule has 7 nitrogen and oxygen atoms in total. The van der Waals surface area contributed by atoms with Crippen LogP contribution >= 0.6 is 24.4 Å². The van der Waals surface area contributed by atoms with Crippen molar-refractivity contribution in [2.24, 2.45) is 11.8 Å². The van der Waals surface area contributed by atoms with E-state index in [1.807, 2.05) is 0 Å². The topological polar surface area (TPSA) is 90.0 Å². The van der Waals surface area contributed by atoms with Gasteiger partial charge in [0.2, 0.25) is 9.84 Å². The molecule has 0 heterocycles. The molecule has 2 N–H and O–H groups in total. The number of likely N-dealkylation sites (N-methyl/N-ethyl adjacent to an activating group) is 1. The standard InChI is InChI=1S/C15H23N3O4S3/c1-17(14(23)10-3-4-10)8-12(19)13(7-16-20)25(21,22)9-18(2)15(24)11-5-6-11/h7,10-11,16,20H,3-6,8-9H2,1-2H3/b13-7+. The van der Waals surface area contributed by atoms with Crippen LogP contribution in [0.3, 0.4) is 0 Å². The Kier molecular flexibility index (Phi) is 6.52. The number of carbonyl (C=O) groups excluding carboxylic acids is 1. The van der Waals surface area contributed by atoms with E-state index in [1.54, 1.807) is 24.5 Å². The summed E-state index contributed by atoms with van der Waals surface area (Å²) in [5.74, 6) is -0.484. The maximum atomic E-state index is 12.6. The van der Waals surface area contributed by atoms with E-state index in [0.29, 0.717) is 15.9 Å². The second-order valence-corrected chi connectivity index (χ2v) is 9.35. The Morgan fingerprint density at radius 2 is 1.60 bits per heavy atom. The zero-order valence-electron chi connectivity index (χ0n) is 14.3. The zero-order valence-corrected chi connectivity index (χ0v) is 16.7. The predicted octanol–water partition coefficient (Wildman–Crippen LogP) is 1.09. The number of ketones is 1. The van der Waals surface area contributed by atoms with Crippen molar-refractivity contribution in [1.29, 1.82) is 0 Å². The van der Waals surface area contributed by atoms with Crippen LogP contribution in [-0.4, -0.2) is 65.7 Å². The summed E-state index contributed by atoms with van der Waals surface area (Å²) in [4.78, 5) is 16.3. The molecule has 0 amide bonds. The summed E-state index contributed by atoms with van der Waals surface area (Å²) in [6.45, 7) is -0.154. The van der Waals surface area contributed by atoms with Crippen LogP contribution in [0.25, 0.3) is 0 Å². The van der Waals surface area contributed by atoms with E-state index in [-0.39, 0.29) is 12.5 Å². The van der Waals surface area contributed by atoms with Crippen LogP contribution in [0.5, 0.6) is 0 Å². The Morgan fingerprint density at radius 3 is 2.04 bits per heavy atom. The van der Waals surface area contributed by atoms with E-state index >= 15 is 0 Å². The molecular formula is C15H23N3O4S3. The van der Waals surface area contributed by atoms with Gasteiger partial charge in [0.25, 0.3) is 0 Å². The number of hydrogen-bond donors (Lipinski definition) is 2. The molecule has 0 aliphatic heterocycles. The molecule has 0 aromatic heterocycles. The highest BCUT2D eigenvalue weighted by atomic mass is 32.2. The van der Waals surface area contributed by atoms with Crippen molar-refractivity contribution in [3.05, 3.63) is 11.1 Å². The van der Waals surface area contributed by atoms with Gasteiger partial charge < -0.3 is 9.80 Å². The molecule has 25 heavy (non-hydrogen) atoms. The van der Waals surface area contributed by atoms with Gasteiger partial charge in [0.05, 0.1) is 16.5 Å². The van der Waals surface area contributed by atoms with E-state index in [0.717, 1.165) is 31.9 Å². The fourth-order valence-corrected chi connectivity index (χ4v) is 4.56. The molecule has 0 aromatic rings. The maximum absolute atomic E-state index is 12.6. The number of hydroxylamine groups is 1. The van der Waals surface area contributed by atoms with Crippen molar-refractivity contribution >= 4 is 50.0 Å². The Bertz CT molecular complexity index is 697. The third kappa shape index (κ3) is 5.44. The van der Waals surface area contributed by atoms with E-state index in [9.17, 15) is 13.2 Å². The van der Waals surface area contributed by atoms with Gasteiger partial charge in [0.1, 0.15) is 10.8 Å². The first-order chi connectivity index (χ1) is 11.7. The van der Waals surface area contributed by atoms with E-state index < -0.39 is 26.4 Å². The summed E-state index contributed by atoms with van der Waals surface area (Å²) in [5.41, 5.74) is 1.67. The van der Waals surface area contributed by atoms with E-state index in [1.165, 1.54) is 4.90 Å². The van der Waals surface area contributed by atoms with Crippen LogP contribution in [-0.2, 0) is 14.6 Å². The fraction of sp³-hybridized carbons (Fsp3) is 0.667. The Labute approximate surface area is 158 Å². The normalized spacial score (nSPS) is 17.8. The molecule has 2 rings (SSSR count). The lowest BCUT2D eigenvalue weighted by molar-refractivity contribution is -0.115. The summed E-state index contributed by atoms with van der Waals surface area (Å²) in [5, 5.41) is 8.91. The summed E-state index contributed by atoms with van der Waals surface area (Å²) < 4.78 is 25.2. The van der Waals surface area contributed by atoms with Crippen molar-refractivity contribution < 1.29 is 18.4 Å². The lowest BCUT2D eigenvalue weighted by atomic mass is 10.3. The first kappa shape index (κ1) is 20.2. The summed E-state index contributed by atoms with van der Waals surface area (Å²) in [6, 6.07) is 0. The van der Waals surface area contributed by atoms with Crippen molar-refractivity contribution in [1.82, 2.24) is 15.3 Å². The number of hydrogen-bond acceptors (Lipinski definition) is 7. The van der Waals surface area contributed by atoms with Crippen LogP contribution in [0, 0.1) is 11.8 Å². The molecule has 0 unspecified atom stereocenters. The van der Waals surface area contributed by atoms with E-state index in [4.69, 9.17) is 29.6 Å². The van der Waals surface area contributed by atoms with Gasteiger partial charge in [0.15, 0.2) is 5.78 Å². The van der Waals surface area contributed by atoms with Gasteiger partial charge in [-0.15, -0.1) is 0 Å². The molecule has 2 saturated carbocycles. The van der Waals surface area contributed by atoms with Crippen LogP contribution in [0.1, 0.15) is 25.7 Å². The summed E-state index contributed by atoms with van der Waals surface area (Å²) >= 11 is 10.5. The van der Waals surface area contributed by atoms with Gasteiger partial charge in [-0.05, 0) is 25.7 Å². The molecule has 0 spiro atoms. The Morgan fingerprint density at radius 1 is 1.12 bits per heavy atom. The second-order valence-electron chi connectivity index (χ2n) is 6.58. The fourth-order valence-electron chi connectivity index (χ4n) is 2.45. The zero-order chi connectivity index (χ0) is 18.8. The molecule has 0 radical (unpaired) electrons. The largest absolute Gasteiger partial charge is 0.361 e. The smallest absolute Gasteiger partial charge is 0.201 e. The highest BCUT2D eigenvalue weighted by Crippen LogP contribution is 2.32. The van der Waals surface area contributed by atoms with Gasteiger partial charge in [-0.25, -0.2) is 8.42 Å². The van der Waals surface area contributed by atoms with Gasteiger partial charge in [-0.3, -0.25) is 15.5 Å². The van der Waals surface area contributed by atoms with E-state index in [2.05, 4.69) is 0 Å². The summed E-state index contributed by atoms with van der Waals surface area (Å²) in [6.07, 6.45) is 4.73.